The molecule has 0 aliphatic carbocycles. The van der Waals surface area contributed by atoms with Crippen LogP contribution in [0.15, 0.2) is 42.5 Å². The maximum atomic E-state index is 12.6. The van der Waals surface area contributed by atoms with Crippen molar-refractivity contribution in [2.24, 2.45) is 0 Å². The van der Waals surface area contributed by atoms with Crippen LogP contribution in [0.3, 0.4) is 0 Å². The van der Waals surface area contributed by atoms with E-state index in [4.69, 9.17) is 11.6 Å². The lowest BCUT2D eigenvalue weighted by Gasteiger charge is -2.33. The Morgan fingerprint density at radius 3 is 2.50 bits per heavy atom. The van der Waals surface area contributed by atoms with Crippen LogP contribution < -0.4 is 10.2 Å². The summed E-state index contributed by atoms with van der Waals surface area (Å²) in [6.45, 7) is 4.94. The molecule has 1 unspecified atom stereocenters. The Morgan fingerprint density at radius 1 is 1.18 bits per heavy atom. The number of rotatable bonds is 5. The highest BCUT2D eigenvalue weighted by molar-refractivity contribution is 6.31. The van der Waals surface area contributed by atoms with E-state index < -0.39 is 4.92 Å². The molecule has 0 spiro atoms. The lowest BCUT2D eigenvalue weighted by molar-refractivity contribution is -0.384. The average molecular weight is 403 g/mol. The third-order valence-electron chi connectivity index (χ3n) is 5.00. The highest BCUT2D eigenvalue weighted by Gasteiger charge is 2.24. The summed E-state index contributed by atoms with van der Waals surface area (Å²) in [4.78, 5) is 28.0. The molecule has 1 fully saturated rings. The zero-order valence-electron chi connectivity index (χ0n) is 15.9. The van der Waals surface area contributed by atoms with Crippen molar-refractivity contribution in [1.29, 1.82) is 0 Å². The fourth-order valence-corrected chi connectivity index (χ4v) is 3.61. The Labute approximate surface area is 169 Å². The number of anilines is 1. The van der Waals surface area contributed by atoms with Crippen LogP contribution in [0.1, 0.15) is 28.9 Å². The molecule has 1 atom stereocenters. The first-order chi connectivity index (χ1) is 13.4. The predicted octanol–water partition coefficient (Wildman–Crippen LogP) is 3.49. The van der Waals surface area contributed by atoms with Crippen molar-refractivity contribution in [3.05, 3.63) is 68.7 Å². The van der Waals surface area contributed by atoms with Gasteiger partial charge in [-0.3, -0.25) is 14.9 Å². The Balaban J connectivity index is 1.80. The van der Waals surface area contributed by atoms with Gasteiger partial charge in [-0.15, -0.1) is 0 Å². The van der Waals surface area contributed by atoms with Crippen LogP contribution in [0.5, 0.6) is 0 Å². The maximum absolute atomic E-state index is 12.6. The van der Waals surface area contributed by atoms with Crippen molar-refractivity contribution in [2.45, 2.75) is 13.0 Å². The van der Waals surface area contributed by atoms with Gasteiger partial charge in [0.1, 0.15) is 5.69 Å². The Morgan fingerprint density at radius 2 is 1.86 bits per heavy atom. The number of hydrogen-bond donors (Lipinski definition) is 1. The van der Waals surface area contributed by atoms with E-state index in [0.717, 1.165) is 18.7 Å². The molecule has 148 valence electrons. The zero-order chi connectivity index (χ0) is 20.3. The van der Waals surface area contributed by atoms with E-state index in [9.17, 15) is 14.9 Å². The molecule has 3 rings (SSSR count). The second-order valence-electron chi connectivity index (χ2n) is 6.97. The smallest absolute Gasteiger partial charge is 0.293 e. The van der Waals surface area contributed by atoms with Crippen molar-refractivity contribution >= 4 is 28.9 Å². The van der Waals surface area contributed by atoms with E-state index in [2.05, 4.69) is 10.2 Å². The zero-order valence-corrected chi connectivity index (χ0v) is 16.6. The summed E-state index contributed by atoms with van der Waals surface area (Å²) >= 11 is 6.18. The van der Waals surface area contributed by atoms with Gasteiger partial charge in [0.25, 0.3) is 11.6 Å². The highest BCUT2D eigenvalue weighted by atomic mass is 35.5. The van der Waals surface area contributed by atoms with Crippen molar-refractivity contribution in [3.8, 4) is 0 Å². The molecular weight excluding hydrogens is 380 g/mol. The molecule has 1 heterocycles. The number of hydrogen-bond acceptors (Lipinski definition) is 5. The van der Waals surface area contributed by atoms with E-state index in [1.165, 1.54) is 6.07 Å². The number of likely N-dealkylation sites (N-methyl/N-ethyl adjacent to an activating group) is 1. The number of halogens is 1. The normalized spacial score (nSPS) is 15.9. The van der Waals surface area contributed by atoms with Crippen LogP contribution in [-0.4, -0.2) is 49.0 Å². The number of amides is 1. The first kappa shape index (κ1) is 20.1. The minimum atomic E-state index is -0.429. The molecule has 1 amide bonds. The molecule has 8 heteroatoms. The first-order valence-corrected chi connectivity index (χ1v) is 9.52. The summed E-state index contributed by atoms with van der Waals surface area (Å²) in [5.74, 6) is -0.375. The van der Waals surface area contributed by atoms with E-state index in [1.54, 1.807) is 18.2 Å². The number of nitrogens with one attached hydrogen (secondary N) is 1. The summed E-state index contributed by atoms with van der Waals surface area (Å²) in [5.41, 5.74) is 1.54. The van der Waals surface area contributed by atoms with Gasteiger partial charge in [0.2, 0.25) is 0 Å². The quantitative estimate of drug-likeness (QED) is 0.611. The summed E-state index contributed by atoms with van der Waals surface area (Å²) in [6, 6.07) is 11.6. The van der Waals surface area contributed by atoms with E-state index in [-0.39, 0.29) is 23.2 Å². The Hall–Kier alpha value is -2.64. The fraction of sp³-hybridized carbons (Fsp3) is 0.350. The molecule has 28 heavy (non-hydrogen) atoms. The van der Waals surface area contributed by atoms with Gasteiger partial charge in [-0.05, 0) is 37.7 Å². The van der Waals surface area contributed by atoms with Gasteiger partial charge < -0.3 is 15.1 Å². The van der Waals surface area contributed by atoms with E-state index >= 15 is 0 Å². The molecule has 2 aromatic rings. The van der Waals surface area contributed by atoms with Crippen molar-refractivity contribution in [2.75, 3.05) is 38.1 Å². The Kier molecular flexibility index (Phi) is 6.16. The molecule has 1 N–H and O–H groups in total. The molecule has 7 nitrogen and oxygen atoms in total. The fourth-order valence-electron chi connectivity index (χ4n) is 3.31. The largest absolute Gasteiger partial charge is 0.363 e. The first-order valence-electron chi connectivity index (χ1n) is 9.14. The van der Waals surface area contributed by atoms with Gasteiger partial charge in [0.05, 0.1) is 11.0 Å². The second kappa shape index (κ2) is 8.58. The number of nitrogens with zero attached hydrogens (tertiary/aromatic N) is 3. The minimum Gasteiger partial charge on any atom is -0.363 e. The van der Waals surface area contributed by atoms with Gasteiger partial charge in [-0.2, -0.15) is 0 Å². The molecule has 0 radical (unpaired) electrons. The number of nitro benzene ring substituents is 1. The Bertz CT molecular complexity index is 882. The van der Waals surface area contributed by atoms with E-state index in [0.29, 0.717) is 23.8 Å². The number of carbonyl (C=O) groups is 1. The summed E-state index contributed by atoms with van der Waals surface area (Å²) in [5, 5.41) is 15.0. The highest BCUT2D eigenvalue weighted by Crippen LogP contribution is 2.30. The van der Waals surface area contributed by atoms with Gasteiger partial charge in [0.15, 0.2) is 0 Å². The third kappa shape index (κ3) is 4.43. The van der Waals surface area contributed by atoms with Crippen molar-refractivity contribution in [1.82, 2.24) is 10.2 Å². The standard InChI is InChI=1S/C20H23ClN4O3/c1-14(16-5-3-4-6-17(16)21)22-20(26)15-7-8-18(19(13-15)25(27)28)24-11-9-23(2)10-12-24/h3-8,13-14H,9-12H2,1-2H3,(H,22,26). The van der Waals surface area contributed by atoms with Gasteiger partial charge in [0, 0.05) is 42.8 Å². The monoisotopic (exact) mass is 402 g/mol. The topological polar surface area (TPSA) is 78.7 Å². The minimum absolute atomic E-state index is 0.0531. The molecular formula is C20H23ClN4O3. The average Bonchev–Trinajstić information content (AvgIpc) is 2.68. The number of carbonyl (C=O) groups excluding carboxylic acids is 1. The molecule has 0 saturated carbocycles. The summed E-state index contributed by atoms with van der Waals surface area (Å²) in [7, 11) is 2.03. The number of piperazine rings is 1. The molecule has 0 aromatic heterocycles. The van der Waals surface area contributed by atoms with Crippen LogP contribution in [0.2, 0.25) is 5.02 Å². The van der Waals surface area contributed by atoms with Crippen LogP contribution in [0.4, 0.5) is 11.4 Å². The molecule has 1 aliphatic heterocycles. The van der Waals surface area contributed by atoms with E-state index in [1.807, 2.05) is 37.1 Å². The summed E-state index contributed by atoms with van der Waals surface area (Å²) < 4.78 is 0. The molecule has 1 aliphatic rings. The maximum Gasteiger partial charge on any atom is 0.293 e. The second-order valence-corrected chi connectivity index (χ2v) is 7.37. The van der Waals surface area contributed by atoms with Crippen molar-refractivity contribution in [3.63, 3.8) is 0 Å². The van der Waals surface area contributed by atoms with Gasteiger partial charge in [-0.1, -0.05) is 29.8 Å². The molecule has 2 aromatic carbocycles. The molecule has 1 saturated heterocycles. The molecule has 0 bridgehead atoms. The predicted molar refractivity (Wildman–Crippen MR) is 110 cm³/mol. The van der Waals surface area contributed by atoms with Crippen LogP contribution >= 0.6 is 11.6 Å². The summed E-state index contributed by atoms with van der Waals surface area (Å²) in [6.07, 6.45) is 0. The number of nitro groups is 1. The van der Waals surface area contributed by atoms with Crippen LogP contribution in [0.25, 0.3) is 0 Å². The SMILES string of the molecule is CC(NC(=O)c1ccc(N2CCN(C)CC2)c([N+](=O)[O-])c1)c1ccccc1Cl. The van der Waals surface area contributed by atoms with Crippen molar-refractivity contribution < 1.29 is 9.72 Å². The third-order valence-corrected chi connectivity index (χ3v) is 5.34. The van der Waals surface area contributed by atoms with Gasteiger partial charge >= 0.3 is 0 Å². The van der Waals surface area contributed by atoms with Crippen LogP contribution in [0, 0.1) is 10.1 Å². The lowest BCUT2D eigenvalue weighted by Crippen LogP contribution is -2.44. The van der Waals surface area contributed by atoms with Crippen LogP contribution in [-0.2, 0) is 0 Å². The van der Waals surface area contributed by atoms with Gasteiger partial charge in [-0.25, -0.2) is 0 Å². The number of benzene rings is 2. The lowest BCUT2D eigenvalue weighted by atomic mass is 10.1.